The van der Waals surface area contributed by atoms with Crippen LogP contribution in [-0.2, 0) is 14.8 Å². The Morgan fingerprint density at radius 2 is 2.03 bits per heavy atom. The number of sulfonamides is 1. The van der Waals surface area contributed by atoms with E-state index in [1.54, 1.807) is 36.4 Å². The van der Waals surface area contributed by atoms with Crippen LogP contribution < -0.4 is 9.47 Å². The summed E-state index contributed by atoms with van der Waals surface area (Å²) in [5.74, 6) is 0.282. The molecule has 154 valence electrons. The Balaban J connectivity index is 1.94. The maximum Gasteiger partial charge on any atom is 0.308 e. The molecule has 3 rings (SSSR count). The van der Waals surface area contributed by atoms with Gasteiger partial charge in [-0.3, -0.25) is 4.79 Å². The van der Waals surface area contributed by atoms with Gasteiger partial charge in [-0.15, -0.1) is 4.40 Å². The first-order valence-electron chi connectivity index (χ1n) is 8.85. The van der Waals surface area contributed by atoms with Crippen LogP contribution in [0.3, 0.4) is 0 Å². The third kappa shape index (κ3) is 4.47. The summed E-state index contributed by atoms with van der Waals surface area (Å²) in [6.45, 7) is 1.44. The molecule has 2 aromatic carbocycles. The van der Waals surface area contributed by atoms with Gasteiger partial charge in [0.15, 0.2) is 17.3 Å². The number of rotatable bonds is 6. The number of hydrogen-bond acceptors (Lipinski definition) is 8. The molecule has 0 saturated carbocycles. The van der Waals surface area contributed by atoms with Crippen LogP contribution >= 0.6 is 0 Å². The number of fused-ring (bicyclic) bond motifs is 1. The zero-order valence-corrected chi connectivity index (χ0v) is 17.1. The van der Waals surface area contributed by atoms with Gasteiger partial charge >= 0.3 is 5.97 Å². The van der Waals surface area contributed by atoms with Crippen molar-refractivity contribution in [3.8, 4) is 17.6 Å². The second-order valence-electron chi connectivity index (χ2n) is 6.17. The van der Waals surface area contributed by atoms with Crippen molar-refractivity contribution >= 4 is 28.0 Å². The van der Waals surface area contributed by atoms with E-state index >= 15 is 0 Å². The van der Waals surface area contributed by atoms with E-state index in [9.17, 15) is 13.2 Å². The second kappa shape index (κ2) is 8.75. The van der Waals surface area contributed by atoms with Gasteiger partial charge in [0.25, 0.3) is 10.0 Å². The summed E-state index contributed by atoms with van der Waals surface area (Å²) in [5, 5.41) is 14.7. The van der Waals surface area contributed by atoms with Crippen LogP contribution in [0.15, 0.2) is 56.9 Å². The zero-order chi connectivity index (χ0) is 21.7. The van der Waals surface area contributed by atoms with Crippen molar-refractivity contribution < 1.29 is 22.7 Å². The highest BCUT2D eigenvalue weighted by Gasteiger charge is 2.31. The van der Waals surface area contributed by atoms with Gasteiger partial charge in [-0.25, -0.2) is 5.01 Å². The standard InChI is InChI=1S/C20H18N4O5S/c1-14(25)29-17-9-8-15(12-18(17)28-2)13-22-24(11-5-10-21)20-16-6-3-4-7-19(16)30(26,27)23-20/h3-4,6-9,12-13H,5,11H2,1-2H3/b22-13+. The highest BCUT2D eigenvalue weighted by molar-refractivity contribution is 7.90. The first-order valence-corrected chi connectivity index (χ1v) is 10.3. The van der Waals surface area contributed by atoms with E-state index < -0.39 is 16.0 Å². The number of methoxy groups -OCH3 is 1. The molecule has 0 fully saturated rings. The van der Waals surface area contributed by atoms with Gasteiger partial charge in [0.2, 0.25) is 0 Å². The molecule has 0 bridgehead atoms. The number of hydrazone groups is 1. The summed E-state index contributed by atoms with van der Waals surface area (Å²) >= 11 is 0. The molecule has 10 heteroatoms. The normalized spacial score (nSPS) is 14.0. The number of ether oxygens (including phenoxy) is 2. The number of esters is 1. The predicted octanol–water partition coefficient (Wildman–Crippen LogP) is 2.32. The molecule has 0 saturated heterocycles. The number of carbonyl (C=O) groups excluding carboxylic acids is 1. The van der Waals surface area contributed by atoms with Crippen LogP contribution in [-0.4, -0.2) is 45.1 Å². The van der Waals surface area contributed by atoms with Gasteiger partial charge < -0.3 is 9.47 Å². The average Bonchev–Trinajstić information content (AvgIpc) is 3.00. The average molecular weight is 426 g/mol. The molecule has 0 unspecified atom stereocenters. The first kappa shape index (κ1) is 21.0. The fraction of sp³-hybridized carbons (Fsp3) is 0.200. The summed E-state index contributed by atoms with van der Waals surface area (Å²) in [6.07, 6.45) is 1.60. The van der Waals surface area contributed by atoms with E-state index in [1.165, 1.54) is 31.3 Å². The van der Waals surface area contributed by atoms with Gasteiger partial charge in [0, 0.05) is 12.5 Å². The van der Waals surface area contributed by atoms with Gasteiger partial charge in [0.1, 0.15) is 4.90 Å². The fourth-order valence-corrected chi connectivity index (χ4v) is 4.00. The molecule has 0 aliphatic carbocycles. The van der Waals surface area contributed by atoms with E-state index in [0.717, 1.165) is 0 Å². The van der Waals surface area contributed by atoms with E-state index in [0.29, 0.717) is 16.9 Å². The quantitative estimate of drug-likeness (QED) is 0.301. The Morgan fingerprint density at radius 3 is 2.73 bits per heavy atom. The molecule has 0 amide bonds. The molecule has 0 radical (unpaired) electrons. The topological polar surface area (TPSA) is 121 Å². The van der Waals surface area contributed by atoms with Crippen molar-refractivity contribution in [1.29, 1.82) is 5.26 Å². The van der Waals surface area contributed by atoms with Crippen molar-refractivity contribution in [3.05, 3.63) is 53.6 Å². The molecular weight excluding hydrogens is 408 g/mol. The lowest BCUT2D eigenvalue weighted by molar-refractivity contribution is -0.132. The van der Waals surface area contributed by atoms with E-state index in [4.69, 9.17) is 14.7 Å². The molecule has 2 aromatic rings. The van der Waals surface area contributed by atoms with E-state index in [1.807, 2.05) is 6.07 Å². The minimum absolute atomic E-state index is 0.101. The van der Waals surface area contributed by atoms with Crippen LogP contribution in [0.25, 0.3) is 0 Å². The highest BCUT2D eigenvalue weighted by Crippen LogP contribution is 2.29. The SMILES string of the molecule is COc1cc(/C=N/N(CCC#N)C2=NS(=O)(=O)c3ccccc32)ccc1OC(C)=O. The third-order valence-electron chi connectivity index (χ3n) is 4.08. The predicted molar refractivity (Wildman–Crippen MR) is 109 cm³/mol. The lowest BCUT2D eigenvalue weighted by atomic mass is 10.2. The fourth-order valence-electron chi connectivity index (χ4n) is 2.79. The van der Waals surface area contributed by atoms with E-state index in [2.05, 4.69) is 9.50 Å². The van der Waals surface area contributed by atoms with Crippen molar-refractivity contribution in [3.63, 3.8) is 0 Å². The van der Waals surface area contributed by atoms with Crippen LogP contribution in [0.5, 0.6) is 11.5 Å². The molecule has 0 spiro atoms. The van der Waals surface area contributed by atoms with Crippen molar-refractivity contribution in [1.82, 2.24) is 5.01 Å². The van der Waals surface area contributed by atoms with Crippen molar-refractivity contribution in [2.75, 3.05) is 13.7 Å². The molecule has 30 heavy (non-hydrogen) atoms. The van der Waals surface area contributed by atoms with Crippen LogP contribution in [0, 0.1) is 11.3 Å². The second-order valence-corrected chi connectivity index (χ2v) is 7.74. The van der Waals surface area contributed by atoms with Gasteiger partial charge in [-0.05, 0) is 35.9 Å². The van der Waals surface area contributed by atoms with E-state index in [-0.39, 0.29) is 29.4 Å². The Morgan fingerprint density at radius 1 is 1.27 bits per heavy atom. The minimum Gasteiger partial charge on any atom is -0.493 e. The molecule has 1 heterocycles. The summed E-state index contributed by atoms with van der Waals surface area (Å²) in [6, 6.07) is 13.3. The van der Waals surface area contributed by atoms with Crippen LogP contribution in [0.1, 0.15) is 24.5 Å². The molecule has 0 atom stereocenters. The molecule has 1 aliphatic rings. The summed E-state index contributed by atoms with van der Waals surface area (Å²) in [4.78, 5) is 11.3. The Bertz CT molecular complexity index is 1180. The largest absolute Gasteiger partial charge is 0.493 e. The van der Waals surface area contributed by atoms with Crippen molar-refractivity contribution in [2.24, 2.45) is 9.50 Å². The van der Waals surface area contributed by atoms with Crippen molar-refractivity contribution in [2.45, 2.75) is 18.2 Å². The van der Waals surface area contributed by atoms with Gasteiger partial charge in [-0.1, -0.05) is 12.1 Å². The minimum atomic E-state index is -3.81. The molecular formula is C20H18N4O5S. The molecule has 0 aromatic heterocycles. The smallest absolute Gasteiger partial charge is 0.308 e. The molecule has 0 N–H and O–H groups in total. The van der Waals surface area contributed by atoms with Crippen LogP contribution in [0.4, 0.5) is 0 Å². The number of amidine groups is 1. The maximum absolute atomic E-state index is 12.3. The number of benzene rings is 2. The van der Waals surface area contributed by atoms with Gasteiger partial charge in [-0.2, -0.15) is 18.8 Å². The highest BCUT2D eigenvalue weighted by atomic mass is 32.2. The third-order valence-corrected chi connectivity index (χ3v) is 5.41. The van der Waals surface area contributed by atoms with Gasteiger partial charge in [0.05, 0.1) is 32.4 Å². The summed E-state index contributed by atoms with van der Waals surface area (Å²) in [5.41, 5.74) is 1.04. The number of hydrogen-bond donors (Lipinski definition) is 0. The number of carbonyl (C=O) groups is 1. The number of nitrogens with zero attached hydrogens (tertiary/aromatic N) is 4. The Kier molecular flexibility index (Phi) is 6.13. The first-order chi connectivity index (χ1) is 14.4. The maximum atomic E-state index is 12.3. The Hall–Kier alpha value is -3.71. The lowest BCUT2D eigenvalue weighted by Gasteiger charge is -2.17. The molecule has 1 aliphatic heterocycles. The molecule has 9 nitrogen and oxygen atoms in total. The number of nitriles is 1. The summed E-state index contributed by atoms with van der Waals surface area (Å²) < 4.78 is 38.8. The lowest BCUT2D eigenvalue weighted by Crippen LogP contribution is -2.27. The summed E-state index contributed by atoms with van der Waals surface area (Å²) in [7, 11) is -2.37. The monoisotopic (exact) mass is 426 g/mol. The Labute approximate surface area is 173 Å². The van der Waals surface area contributed by atoms with Crippen LogP contribution in [0.2, 0.25) is 0 Å². The zero-order valence-electron chi connectivity index (χ0n) is 16.3.